The molecule has 5 fully saturated rings. The molecule has 1 atom stereocenters. The minimum Gasteiger partial charge on any atom is -0.496 e. The Balaban J connectivity index is 1.10. The van der Waals surface area contributed by atoms with Crippen molar-refractivity contribution in [3.05, 3.63) is 60.0 Å². The fraction of sp³-hybridized carbons (Fsp3) is 0.610. The van der Waals surface area contributed by atoms with E-state index < -0.39 is 0 Å². The lowest BCUT2D eigenvalue weighted by Gasteiger charge is -2.55. The third-order valence-corrected chi connectivity index (χ3v) is 12.7. The average Bonchev–Trinajstić information content (AvgIpc) is 3.63. The zero-order valence-corrected chi connectivity index (χ0v) is 31.1. The van der Waals surface area contributed by atoms with Crippen LogP contribution in [0.2, 0.25) is 0 Å². The molecule has 0 spiro atoms. The summed E-state index contributed by atoms with van der Waals surface area (Å²) in [5, 5.41) is 14.1. The van der Waals surface area contributed by atoms with E-state index in [2.05, 4.69) is 63.3 Å². The summed E-state index contributed by atoms with van der Waals surface area (Å²) in [5.74, 6) is 1.60. The van der Waals surface area contributed by atoms with Crippen molar-refractivity contribution in [1.29, 1.82) is 0 Å². The van der Waals surface area contributed by atoms with E-state index in [4.69, 9.17) is 14.5 Å². The number of aromatic nitrogens is 3. The fourth-order valence-corrected chi connectivity index (χ4v) is 9.06. The quantitative estimate of drug-likeness (QED) is 0.248. The van der Waals surface area contributed by atoms with Crippen LogP contribution in [0.5, 0.6) is 5.75 Å². The highest BCUT2D eigenvalue weighted by atomic mass is 16.6. The van der Waals surface area contributed by atoms with E-state index in [1.165, 1.54) is 11.1 Å². The number of likely N-dealkylation sites (tertiary alicyclic amines) is 1. The van der Waals surface area contributed by atoms with E-state index in [0.717, 1.165) is 61.8 Å². The molecule has 1 N–H and O–H groups in total. The van der Waals surface area contributed by atoms with Gasteiger partial charge < -0.3 is 19.5 Å². The molecular formula is C41H55N5O5. The van der Waals surface area contributed by atoms with Gasteiger partial charge in [0.2, 0.25) is 5.91 Å². The van der Waals surface area contributed by atoms with Crippen molar-refractivity contribution in [3.8, 4) is 16.9 Å². The first-order chi connectivity index (χ1) is 24.4. The summed E-state index contributed by atoms with van der Waals surface area (Å²) in [6.07, 6.45) is 15.3. The predicted molar refractivity (Wildman–Crippen MR) is 197 cm³/mol. The molecule has 5 aliphatic rings. The maximum atomic E-state index is 14.7. The smallest absolute Gasteiger partial charge is 0.410 e. The maximum absolute atomic E-state index is 14.7. The van der Waals surface area contributed by atoms with Crippen LogP contribution in [0.25, 0.3) is 11.1 Å². The SMILES string of the molecule is COc1ccc(C23CCC(CN(C(=O)C4CCC(OC(=O)N5CC[C@H]5CO)CC4)c4cc(-c5cnn(C(C)(C)C)c5)ccn4)(CC2)CC3)cc1C. The molecule has 51 heavy (non-hydrogen) atoms. The van der Waals surface area contributed by atoms with Gasteiger partial charge in [0.25, 0.3) is 0 Å². The van der Waals surface area contributed by atoms with Gasteiger partial charge in [0.1, 0.15) is 17.7 Å². The molecule has 1 saturated heterocycles. The summed E-state index contributed by atoms with van der Waals surface area (Å²) in [6.45, 7) is 9.77. The van der Waals surface area contributed by atoms with Gasteiger partial charge in [-0.1, -0.05) is 12.1 Å². The molecule has 8 rings (SSSR count). The average molecular weight is 698 g/mol. The second kappa shape index (κ2) is 13.9. The number of aliphatic hydroxyl groups is 1. The van der Waals surface area contributed by atoms with Crippen LogP contribution in [0.15, 0.2) is 48.9 Å². The number of carbonyl (C=O) groups is 2. The molecule has 3 aromatic rings. The number of hydrogen-bond acceptors (Lipinski definition) is 7. The van der Waals surface area contributed by atoms with E-state index >= 15 is 0 Å². The van der Waals surface area contributed by atoms with E-state index in [0.29, 0.717) is 44.6 Å². The minimum atomic E-state index is -0.345. The molecule has 274 valence electrons. The Morgan fingerprint density at radius 3 is 2.29 bits per heavy atom. The lowest BCUT2D eigenvalue weighted by molar-refractivity contribution is -0.124. The van der Waals surface area contributed by atoms with Gasteiger partial charge in [-0.05, 0) is 144 Å². The lowest BCUT2D eigenvalue weighted by Crippen LogP contribution is -2.54. The molecule has 4 aliphatic carbocycles. The van der Waals surface area contributed by atoms with Gasteiger partial charge in [0.15, 0.2) is 0 Å². The molecular weight excluding hydrogens is 642 g/mol. The zero-order valence-electron chi connectivity index (χ0n) is 31.1. The Kier molecular flexibility index (Phi) is 9.67. The van der Waals surface area contributed by atoms with E-state index in [-0.39, 0.29) is 53.0 Å². The number of rotatable bonds is 9. The molecule has 3 heterocycles. The van der Waals surface area contributed by atoms with Gasteiger partial charge in [0, 0.05) is 37.0 Å². The maximum Gasteiger partial charge on any atom is 0.410 e. The van der Waals surface area contributed by atoms with Crippen LogP contribution in [0, 0.1) is 18.3 Å². The number of hydrogen-bond donors (Lipinski definition) is 1. The van der Waals surface area contributed by atoms with E-state index in [1.54, 1.807) is 12.0 Å². The second-order valence-electron chi connectivity index (χ2n) is 16.8. The summed E-state index contributed by atoms with van der Waals surface area (Å²) in [4.78, 5) is 35.9. The topological polar surface area (TPSA) is 110 Å². The summed E-state index contributed by atoms with van der Waals surface area (Å²) in [5.41, 5.74) is 4.69. The van der Waals surface area contributed by atoms with Crippen LogP contribution in [0.4, 0.5) is 10.6 Å². The largest absolute Gasteiger partial charge is 0.496 e. The fourth-order valence-electron chi connectivity index (χ4n) is 9.06. The van der Waals surface area contributed by atoms with E-state index in [9.17, 15) is 14.7 Å². The molecule has 10 nitrogen and oxygen atoms in total. The number of anilines is 1. The number of ether oxygens (including phenoxy) is 2. The third-order valence-electron chi connectivity index (χ3n) is 12.7. The van der Waals surface area contributed by atoms with Crippen molar-refractivity contribution in [1.82, 2.24) is 19.7 Å². The molecule has 1 aliphatic heterocycles. The highest BCUT2D eigenvalue weighted by Gasteiger charge is 2.51. The van der Waals surface area contributed by atoms with Gasteiger partial charge in [-0.25, -0.2) is 9.78 Å². The van der Waals surface area contributed by atoms with Crippen molar-refractivity contribution < 1.29 is 24.2 Å². The first-order valence-electron chi connectivity index (χ1n) is 19.0. The van der Waals surface area contributed by atoms with Crippen LogP contribution >= 0.6 is 0 Å². The number of carbonyl (C=O) groups excluding carboxylic acids is 2. The number of nitrogens with zero attached hydrogens (tertiary/aromatic N) is 5. The number of pyridine rings is 1. The number of aryl methyl sites for hydroxylation is 1. The van der Waals surface area contributed by atoms with Gasteiger partial charge in [-0.3, -0.25) is 14.4 Å². The van der Waals surface area contributed by atoms with Gasteiger partial charge in [-0.2, -0.15) is 5.10 Å². The molecule has 1 aromatic carbocycles. The monoisotopic (exact) mass is 697 g/mol. The van der Waals surface area contributed by atoms with Gasteiger partial charge >= 0.3 is 6.09 Å². The Morgan fingerprint density at radius 2 is 1.71 bits per heavy atom. The molecule has 4 saturated carbocycles. The molecule has 0 unspecified atom stereocenters. The van der Waals surface area contributed by atoms with Crippen molar-refractivity contribution >= 4 is 17.8 Å². The van der Waals surface area contributed by atoms with Crippen molar-refractivity contribution in [2.24, 2.45) is 11.3 Å². The second-order valence-corrected chi connectivity index (χ2v) is 16.8. The number of amides is 2. The van der Waals surface area contributed by atoms with Crippen LogP contribution < -0.4 is 9.64 Å². The Morgan fingerprint density at radius 1 is 0.980 bits per heavy atom. The summed E-state index contributed by atoms with van der Waals surface area (Å²) >= 11 is 0. The van der Waals surface area contributed by atoms with E-state index in [1.807, 2.05) is 28.0 Å². The van der Waals surface area contributed by atoms with Crippen molar-refractivity contribution in [3.63, 3.8) is 0 Å². The highest BCUT2D eigenvalue weighted by molar-refractivity contribution is 5.95. The minimum absolute atomic E-state index is 0.0377. The van der Waals surface area contributed by atoms with Crippen LogP contribution in [-0.4, -0.2) is 75.7 Å². The third kappa shape index (κ3) is 7.00. The summed E-state index contributed by atoms with van der Waals surface area (Å²) in [7, 11) is 1.73. The van der Waals surface area contributed by atoms with Crippen LogP contribution in [0.3, 0.4) is 0 Å². The van der Waals surface area contributed by atoms with Gasteiger partial charge in [-0.15, -0.1) is 0 Å². The molecule has 0 radical (unpaired) electrons. The molecule has 2 bridgehead atoms. The van der Waals surface area contributed by atoms with Crippen LogP contribution in [-0.2, 0) is 20.5 Å². The van der Waals surface area contributed by atoms with Crippen molar-refractivity contribution in [2.75, 3.05) is 31.7 Å². The predicted octanol–water partition coefficient (Wildman–Crippen LogP) is 7.40. The number of benzene rings is 1. The Hall–Kier alpha value is -3.92. The Bertz CT molecular complexity index is 1710. The van der Waals surface area contributed by atoms with Crippen LogP contribution in [0.1, 0.15) is 103 Å². The first kappa shape index (κ1) is 35.5. The molecule has 2 amide bonds. The summed E-state index contributed by atoms with van der Waals surface area (Å²) in [6, 6.07) is 10.6. The standard InChI is InChI=1S/C41H55N5O5/c1-28-22-32(8-11-35(28)50-5)41-17-14-40(15-18-41,16-19-41)27-45(36-23-30(12-20-42-36)31-24-43-46(25-31)39(2,3)4)37(48)29-6-9-34(10-7-29)51-38(49)44-21-13-33(44)26-47/h8,11-12,20,22-25,29,33-34,47H,6-7,9-10,13-19,21,26-27H2,1-5H3/t29?,33-,34?,40?,41?/m0/s1. The van der Waals surface area contributed by atoms with Crippen molar-refractivity contribution in [2.45, 2.75) is 121 Å². The normalized spacial score (nSPS) is 27.5. The highest BCUT2D eigenvalue weighted by Crippen LogP contribution is 2.58. The molecule has 2 aromatic heterocycles. The summed E-state index contributed by atoms with van der Waals surface area (Å²) < 4.78 is 13.4. The van der Waals surface area contributed by atoms with Gasteiger partial charge in [0.05, 0.1) is 31.5 Å². The number of methoxy groups -OCH3 is 1. The molecule has 10 heteroatoms. The Labute approximate surface area is 302 Å². The number of aliphatic hydroxyl groups excluding tert-OH is 1. The zero-order chi connectivity index (χ0) is 36.0. The first-order valence-corrected chi connectivity index (χ1v) is 19.0. The number of fused-ring (bicyclic) bond motifs is 3. The lowest BCUT2D eigenvalue weighted by atomic mass is 9.51.